The van der Waals surface area contributed by atoms with E-state index >= 15 is 0 Å². The maximum Gasteiger partial charge on any atom is 0.303 e. The number of nitrogens with zero attached hydrogens (tertiary/aromatic N) is 1. The number of benzene rings is 2. The Labute approximate surface area is 159 Å². The lowest BCUT2D eigenvalue weighted by Gasteiger charge is -2.23. The van der Waals surface area contributed by atoms with Crippen LogP contribution in [0.3, 0.4) is 0 Å². The van der Waals surface area contributed by atoms with E-state index < -0.39 is 15.8 Å². The fourth-order valence-electron chi connectivity index (χ4n) is 2.63. The Morgan fingerprint density at radius 2 is 1.63 bits per heavy atom. The minimum absolute atomic E-state index is 0.00435. The largest absolute Gasteiger partial charge is 0.481 e. The topological polar surface area (TPSA) is 91.8 Å². The van der Waals surface area contributed by atoms with Crippen molar-refractivity contribution < 1.29 is 23.1 Å². The fourth-order valence-corrected chi connectivity index (χ4v) is 3.52. The van der Waals surface area contributed by atoms with E-state index in [2.05, 4.69) is 0 Å². The van der Waals surface area contributed by atoms with Gasteiger partial charge in [0.05, 0.1) is 10.6 Å². The second-order valence-corrected chi connectivity index (χ2v) is 8.42. The lowest BCUT2D eigenvalue weighted by atomic mass is 10.1. The van der Waals surface area contributed by atoms with Crippen LogP contribution in [0.4, 0.5) is 0 Å². The number of aliphatic carboxylic acids is 1. The highest BCUT2D eigenvalue weighted by Crippen LogP contribution is 2.16. The summed E-state index contributed by atoms with van der Waals surface area (Å²) in [5.74, 6) is -1.17. The standard InChI is InChI=1S/C20H23NO5S/c1-2-27(25,26)18-12-10-17(11-13-18)20(24)21(14-6-9-19(22)23)15-16-7-4-3-5-8-16/h3-5,7-8,10-13H,2,6,9,14-15H2,1H3,(H,22,23). The van der Waals surface area contributed by atoms with Crippen LogP contribution in [-0.2, 0) is 21.2 Å². The quantitative estimate of drug-likeness (QED) is 0.712. The molecule has 0 atom stereocenters. The fraction of sp³-hybridized carbons (Fsp3) is 0.300. The van der Waals surface area contributed by atoms with Gasteiger partial charge in [-0.3, -0.25) is 9.59 Å². The van der Waals surface area contributed by atoms with Crippen LogP contribution in [0.5, 0.6) is 0 Å². The molecule has 1 amide bonds. The first-order valence-corrected chi connectivity index (χ1v) is 10.4. The van der Waals surface area contributed by atoms with Crippen molar-refractivity contribution in [3.05, 3.63) is 65.7 Å². The van der Waals surface area contributed by atoms with E-state index in [1.165, 1.54) is 24.3 Å². The molecule has 0 saturated carbocycles. The molecule has 2 rings (SSSR count). The van der Waals surface area contributed by atoms with E-state index in [4.69, 9.17) is 5.11 Å². The van der Waals surface area contributed by atoms with Gasteiger partial charge in [-0.1, -0.05) is 37.3 Å². The average Bonchev–Trinajstić information content (AvgIpc) is 2.67. The molecular weight excluding hydrogens is 366 g/mol. The summed E-state index contributed by atoms with van der Waals surface area (Å²) >= 11 is 0. The summed E-state index contributed by atoms with van der Waals surface area (Å²) in [5.41, 5.74) is 1.31. The molecule has 2 aromatic carbocycles. The normalized spacial score (nSPS) is 11.1. The van der Waals surface area contributed by atoms with Crippen molar-refractivity contribution in [1.82, 2.24) is 4.90 Å². The van der Waals surface area contributed by atoms with Crippen molar-refractivity contribution in [3.8, 4) is 0 Å². The summed E-state index contributed by atoms with van der Waals surface area (Å²) in [6, 6.07) is 15.3. The Bertz CT molecular complexity index is 876. The van der Waals surface area contributed by atoms with Crippen LogP contribution in [-0.4, -0.2) is 42.6 Å². The summed E-state index contributed by atoms with van der Waals surface area (Å²) < 4.78 is 23.8. The van der Waals surface area contributed by atoms with Crippen LogP contribution >= 0.6 is 0 Å². The van der Waals surface area contributed by atoms with Gasteiger partial charge in [0.2, 0.25) is 0 Å². The summed E-state index contributed by atoms with van der Waals surface area (Å²) in [7, 11) is -3.32. The third-order valence-corrected chi connectivity index (χ3v) is 5.91. The summed E-state index contributed by atoms with van der Waals surface area (Å²) in [6.45, 7) is 2.22. The zero-order chi connectivity index (χ0) is 19.9. The molecule has 0 saturated heterocycles. The molecule has 0 spiro atoms. The molecular formula is C20H23NO5S. The third kappa shape index (κ3) is 5.92. The lowest BCUT2D eigenvalue weighted by Crippen LogP contribution is -2.31. The first-order valence-electron chi connectivity index (χ1n) is 8.71. The number of carboxylic acids is 1. The Morgan fingerprint density at radius 1 is 1.00 bits per heavy atom. The van der Waals surface area contributed by atoms with Crippen LogP contribution in [0.15, 0.2) is 59.5 Å². The van der Waals surface area contributed by atoms with E-state index in [0.717, 1.165) is 5.56 Å². The molecule has 0 aliphatic heterocycles. The first-order chi connectivity index (χ1) is 12.8. The lowest BCUT2D eigenvalue weighted by molar-refractivity contribution is -0.137. The Kier molecular flexibility index (Phi) is 7.12. The predicted octanol–water partition coefficient (Wildman–Crippen LogP) is 2.99. The number of hydrogen-bond acceptors (Lipinski definition) is 4. The van der Waals surface area contributed by atoms with Crippen LogP contribution in [0.1, 0.15) is 35.7 Å². The first kappa shape index (κ1) is 20.6. The van der Waals surface area contributed by atoms with Crippen molar-refractivity contribution in [2.24, 2.45) is 0 Å². The van der Waals surface area contributed by atoms with Gasteiger partial charge in [0.15, 0.2) is 9.84 Å². The van der Waals surface area contributed by atoms with Crippen LogP contribution < -0.4 is 0 Å². The molecule has 2 aromatic rings. The van der Waals surface area contributed by atoms with Gasteiger partial charge < -0.3 is 10.0 Å². The van der Waals surface area contributed by atoms with E-state index in [0.29, 0.717) is 25.1 Å². The highest BCUT2D eigenvalue weighted by molar-refractivity contribution is 7.91. The van der Waals surface area contributed by atoms with Gasteiger partial charge in [-0.25, -0.2) is 8.42 Å². The Balaban J connectivity index is 2.20. The smallest absolute Gasteiger partial charge is 0.303 e. The van der Waals surface area contributed by atoms with E-state index in [9.17, 15) is 18.0 Å². The number of amides is 1. The van der Waals surface area contributed by atoms with Crippen molar-refractivity contribution in [3.63, 3.8) is 0 Å². The van der Waals surface area contributed by atoms with Crippen LogP contribution in [0.25, 0.3) is 0 Å². The molecule has 0 radical (unpaired) electrons. The second-order valence-electron chi connectivity index (χ2n) is 6.14. The summed E-state index contributed by atoms with van der Waals surface area (Å²) in [6.07, 6.45) is 0.322. The van der Waals surface area contributed by atoms with Gasteiger partial charge in [0.25, 0.3) is 5.91 Å². The molecule has 0 fully saturated rings. The van der Waals surface area contributed by atoms with E-state index in [1.54, 1.807) is 11.8 Å². The second kappa shape index (κ2) is 9.32. The van der Waals surface area contributed by atoms with E-state index in [1.807, 2.05) is 30.3 Å². The van der Waals surface area contributed by atoms with Gasteiger partial charge in [-0.05, 0) is 36.2 Å². The van der Waals surface area contributed by atoms with Gasteiger partial charge in [0.1, 0.15) is 0 Å². The van der Waals surface area contributed by atoms with Crippen molar-refractivity contribution in [1.29, 1.82) is 0 Å². The molecule has 0 heterocycles. The maximum atomic E-state index is 12.9. The maximum absolute atomic E-state index is 12.9. The highest BCUT2D eigenvalue weighted by Gasteiger charge is 2.18. The molecule has 144 valence electrons. The average molecular weight is 389 g/mol. The van der Waals surface area contributed by atoms with Gasteiger partial charge >= 0.3 is 5.97 Å². The molecule has 0 bridgehead atoms. The molecule has 27 heavy (non-hydrogen) atoms. The molecule has 1 N–H and O–H groups in total. The molecule has 6 nitrogen and oxygen atoms in total. The predicted molar refractivity (Wildman–Crippen MR) is 102 cm³/mol. The minimum atomic E-state index is -3.32. The molecule has 0 aliphatic carbocycles. The van der Waals surface area contributed by atoms with Crippen molar-refractivity contribution >= 4 is 21.7 Å². The molecule has 0 unspecified atom stereocenters. The Morgan fingerprint density at radius 3 is 2.19 bits per heavy atom. The van der Waals surface area contributed by atoms with Crippen LogP contribution in [0.2, 0.25) is 0 Å². The van der Waals surface area contributed by atoms with Gasteiger partial charge in [-0.15, -0.1) is 0 Å². The molecule has 0 aromatic heterocycles. The number of carbonyl (C=O) groups excluding carboxylic acids is 1. The van der Waals surface area contributed by atoms with Gasteiger partial charge in [0, 0.05) is 25.1 Å². The molecule has 7 heteroatoms. The SMILES string of the molecule is CCS(=O)(=O)c1ccc(C(=O)N(CCCC(=O)O)Cc2ccccc2)cc1. The third-order valence-electron chi connectivity index (χ3n) is 4.16. The Hall–Kier alpha value is -2.67. The van der Waals surface area contributed by atoms with Crippen LogP contribution in [0, 0.1) is 0 Å². The summed E-state index contributed by atoms with van der Waals surface area (Å²) in [5, 5.41) is 8.84. The van der Waals surface area contributed by atoms with E-state index in [-0.39, 0.29) is 23.0 Å². The number of hydrogen-bond donors (Lipinski definition) is 1. The zero-order valence-corrected chi connectivity index (χ0v) is 16.0. The number of carbonyl (C=O) groups is 2. The number of sulfone groups is 1. The van der Waals surface area contributed by atoms with Gasteiger partial charge in [-0.2, -0.15) is 0 Å². The molecule has 0 aliphatic rings. The minimum Gasteiger partial charge on any atom is -0.481 e. The monoisotopic (exact) mass is 389 g/mol. The highest BCUT2D eigenvalue weighted by atomic mass is 32.2. The summed E-state index contributed by atoms with van der Waals surface area (Å²) in [4.78, 5) is 25.4. The number of rotatable bonds is 9. The van der Waals surface area contributed by atoms with Crippen molar-refractivity contribution in [2.45, 2.75) is 31.2 Å². The zero-order valence-electron chi connectivity index (χ0n) is 15.2. The van der Waals surface area contributed by atoms with Crippen molar-refractivity contribution in [2.75, 3.05) is 12.3 Å². The number of carboxylic acid groups (broad SMARTS) is 1.